The number of nitro groups is 1. The van der Waals surface area contributed by atoms with Gasteiger partial charge in [0.25, 0.3) is 11.6 Å². The second-order valence-corrected chi connectivity index (χ2v) is 8.55. The van der Waals surface area contributed by atoms with E-state index in [2.05, 4.69) is 10.2 Å². The third-order valence-corrected chi connectivity index (χ3v) is 6.17. The monoisotopic (exact) mass is 478 g/mol. The van der Waals surface area contributed by atoms with Crippen LogP contribution in [0.15, 0.2) is 72.8 Å². The van der Waals surface area contributed by atoms with E-state index in [1.165, 1.54) is 12.1 Å². The van der Waals surface area contributed by atoms with Gasteiger partial charge in [-0.25, -0.2) is 0 Å². The Bertz CT molecular complexity index is 1350. The second kappa shape index (κ2) is 8.35. The Hall–Kier alpha value is -3.68. The van der Waals surface area contributed by atoms with Gasteiger partial charge in [0.15, 0.2) is 0 Å². The smallest absolute Gasteiger partial charge is 0.273 e. The van der Waals surface area contributed by atoms with Crippen LogP contribution in [0.1, 0.15) is 33.2 Å². The number of H-pyrrole nitrogens is 1. The molecule has 1 aliphatic rings. The van der Waals surface area contributed by atoms with Crippen molar-refractivity contribution in [3.63, 3.8) is 0 Å². The van der Waals surface area contributed by atoms with Crippen LogP contribution in [0.5, 0.6) is 0 Å². The van der Waals surface area contributed by atoms with Gasteiger partial charge in [-0.2, -0.15) is 5.10 Å². The molecular formula is C24H16Cl2N4O3. The van der Waals surface area contributed by atoms with Crippen molar-refractivity contribution >= 4 is 34.8 Å². The largest absolute Gasteiger partial charge is 0.322 e. The summed E-state index contributed by atoms with van der Waals surface area (Å²) in [7, 11) is 0. The summed E-state index contributed by atoms with van der Waals surface area (Å²) in [5.41, 5.74) is 4.21. The van der Waals surface area contributed by atoms with Crippen molar-refractivity contribution in [2.24, 2.45) is 0 Å². The van der Waals surface area contributed by atoms with Crippen molar-refractivity contribution < 1.29 is 9.72 Å². The number of nitro benzene ring substituents is 1. The van der Waals surface area contributed by atoms with Crippen molar-refractivity contribution in [1.29, 1.82) is 0 Å². The van der Waals surface area contributed by atoms with Gasteiger partial charge in [0.1, 0.15) is 5.69 Å². The molecule has 0 fully saturated rings. The van der Waals surface area contributed by atoms with Gasteiger partial charge in [-0.3, -0.25) is 20.0 Å². The number of hydrogen-bond acceptors (Lipinski definition) is 4. The molecule has 2 heterocycles. The van der Waals surface area contributed by atoms with Gasteiger partial charge in [-0.1, -0.05) is 47.5 Å². The summed E-state index contributed by atoms with van der Waals surface area (Å²) in [5.74, 6) is -0.198. The minimum atomic E-state index is -0.478. The Morgan fingerprint density at radius 2 is 1.55 bits per heavy atom. The number of amides is 1. The summed E-state index contributed by atoms with van der Waals surface area (Å²) in [5, 5.41) is 19.7. The van der Waals surface area contributed by atoms with Crippen molar-refractivity contribution in [3.05, 3.63) is 115 Å². The molecule has 0 saturated heterocycles. The average molecular weight is 479 g/mol. The van der Waals surface area contributed by atoms with Gasteiger partial charge < -0.3 is 4.90 Å². The number of rotatable bonds is 5. The highest BCUT2D eigenvalue weighted by Crippen LogP contribution is 2.43. The highest BCUT2D eigenvalue weighted by Gasteiger charge is 2.42. The van der Waals surface area contributed by atoms with E-state index in [4.69, 9.17) is 23.2 Å². The van der Waals surface area contributed by atoms with Gasteiger partial charge in [-0.15, -0.1) is 0 Å². The van der Waals surface area contributed by atoms with Gasteiger partial charge in [0, 0.05) is 39.8 Å². The fourth-order valence-electron chi connectivity index (χ4n) is 4.10. The molecule has 3 aromatic carbocycles. The summed E-state index contributed by atoms with van der Waals surface area (Å²) in [4.78, 5) is 25.9. The molecule has 0 spiro atoms. The van der Waals surface area contributed by atoms with Gasteiger partial charge >= 0.3 is 0 Å². The molecule has 9 heteroatoms. The number of benzene rings is 3. The Morgan fingerprint density at radius 1 is 0.939 bits per heavy atom. The number of halogens is 2. The van der Waals surface area contributed by atoms with Crippen LogP contribution in [-0.4, -0.2) is 25.9 Å². The highest BCUT2D eigenvalue weighted by atomic mass is 35.5. The Balaban J connectivity index is 1.63. The average Bonchev–Trinajstić information content (AvgIpc) is 3.35. The lowest BCUT2D eigenvalue weighted by Gasteiger charge is -2.26. The molecule has 0 aliphatic carbocycles. The molecule has 0 saturated carbocycles. The maximum atomic E-state index is 13.4. The molecule has 0 radical (unpaired) electrons. The molecule has 1 amide bonds. The number of fused-ring (bicyclic) bond motifs is 1. The number of carbonyl (C=O) groups is 1. The van der Waals surface area contributed by atoms with E-state index < -0.39 is 11.0 Å². The zero-order chi connectivity index (χ0) is 23.1. The predicted octanol–water partition coefficient (Wildman–Crippen LogP) is 6.04. The van der Waals surface area contributed by atoms with Crippen molar-refractivity contribution in [3.8, 4) is 11.3 Å². The molecule has 1 N–H and O–H groups in total. The SMILES string of the molecule is O=C1c2[nH]nc(-c3ccc(Cl)cc3)c2C(c2ccc([N+](=O)[O-])cc2)N1Cc1ccc(Cl)cc1. The lowest BCUT2D eigenvalue weighted by Crippen LogP contribution is -2.29. The van der Waals surface area contributed by atoms with E-state index in [9.17, 15) is 14.9 Å². The van der Waals surface area contributed by atoms with Gasteiger partial charge in [0.2, 0.25) is 0 Å². The molecule has 164 valence electrons. The summed E-state index contributed by atoms with van der Waals surface area (Å²) in [6.45, 7) is 0.334. The van der Waals surface area contributed by atoms with Crippen LogP contribution in [0.3, 0.4) is 0 Å². The lowest BCUT2D eigenvalue weighted by molar-refractivity contribution is -0.384. The zero-order valence-electron chi connectivity index (χ0n) is 17.0. The first-order chi connectivity index (χ1) is 15.9. The fraction of sp³-hybridized carbons (Fsp3) is 0.0833. The quantitative estimate of drug-likeness (QED) is 0.279. The predicted molar refractivity (Wildman–Crippen MR) is 125 cm³/mol. The molecule has 1 aromatic heterocycles. The fourth-order valence-corrected chi connectivity index (χ4v) is 4.35. The lowest BCUT2D eigenvalue weighted by atomic mass is 9.95. The summed E-state index contributed by atoms with van der Waals surface area (Å²) in [6.07, 6.45) is 0. The third kappa shape index (κ3) is 3.86. The van der Waals surface area contributed by atoms with E-state index in [-0.39, 0.29) is 11.6 Å². The molecular weight excluding hydrogens is 463 g/mol. The molecule has 4 aromatic rings. The van der Waals surface area contributed by atoms with E-state index >= 15 is 0 Å². The number of nitrogens with one attached hydrogen (secondary N) is 1. The summed E-state index contributed by atoms with van der Waals surface area (Å²) >= 11 is 12.1. The first-order valence-corrected chi connectivity index (χ1v) is 10.8. The molecule has 1 atom stereocenters. The highest BCUT2D eigenvalue weighted by molar-refractivity contribution is 6.30. The maximum absolute atomic E-state index is 13.4. The first-order valence-electron chi connectivity index (χ1n) is 10.1. The molecule has 7 nitrogen and oxygen atoms in total. The number of hydrogen-bond donors (Lipinski definition) is 1. The van der Waals surface area contributed by atoms with Crippen LogP contribution >= 0.6 is 23.2 Å². The minimum absolute atomic E-state index is 0.0160. The van der Waals surface area contributed by atoms with Gasteiger partial charge in [-0.05, 0) is 47.5 Å². The number of carbonyl (C=O) groups excluding carboxylic acids is 1. The summed E-state index contributed by atoms with van der Waals surface area (Å²) in [6, 6.07) is 20.3. The Labute approximate surface area is 198 Å². The van der Waals surface area contributed by atoms with Crippen LogP contribution in [0, 0.1) is 10.1 Å². The summed E-state index contributed by atoms with van der Waals surface area (Å²) < 4.78 is 0. The molecule has 5 rings (SSSR count). The standard InChI is InChI=1S/C24H16Cl2N4O3/c25-17-7-1-14(2-8-17)13-29-23(16-5-11-19(12-6-16)30(32)33)20-21(27-28-22(20)24(29)31)15-3-9-18(26)10-4-15/h1-12,23H,13H2,(H,27,28). The van der Waals surface area contributed by atoms with Crippen LogP contribution in [0.25, 0.3) is 11.3 Å². The van der Waals surface area contributed by atoms with E-state index in [0.717, 1.165) is 22.3 Å². The molecule has 0 bridgehead atoms. The van der Waals surface area contributed by atoms with E-state index in [1.807, 2.05) is 24.3 Å². The topological polar surface area (TPSA) is 92.1 Å². The van der Waals surface area contributed by atoms with Crippen LogP contribution < -0.4 is 0 Å². The number of nitrogens with zero attached hydrogens (tertiary/aromatic N) is 3. The van der Waals surface area contributed by atoms with Crippen LogP contribution in [0.4, 0.5) is 5.69 Å². The molecule has 1 aliphatic heterocycles. The normalized spacial score (nSPS) is 15.0. The zero-order valence-corrected chi connectivity index (χ0v) is 18.5. The Morgan fingerprint density at radius 3 is 2.15 bits per heavy atom. The number of aromatic nitrogens is 2. The molecule has 33 heavy (non-hydrogen) atoms. The van der Waals surface area contributed by atoms with Crippen LogP contribution in [-0.2, 0) is 6.54 Å². The third-order valence-electron chi connectivity index (χ3n) is 5.67. The molecule has 1 unspecified atom stereocenters. The van der Waals surface area contributed by atoms with Crippen LogP contribution in [0.2, 0.25) is 10.0 Å². The van der Waals surface area contributed by atoms with E-state index in [0.29, 0.717) is 28.0 Å². The van der Waals surface area contributed by atoms with Crippen molar-refractivity contribution in [2.45, 2.75) is 12.6 Å². The number of aromatic amines is 1. The van der Waals surface area contributed by atoms with Crippen molar-refractivity contribution in [2.75, 3.05) is 0 Å². The van der Waals surface area contributed by atoms with Crippen molar-refractivity contribution in [1.82, 2.24) is 15.1 Å². The van der Waals surface area contributed by atoms with E-state index in [1.54, 1.807) is 41.3 Å². The minimum Gasteiger partial charge on any atom is -0.322 e. The Kier molecular flexibility index (Phi) is 5.36. The second-order valence-electron chi connectivity index (χ2n) is 7.68. The maximum Gasteiger partial charge on any atom is 0.273 e. The first kappa shape index (κ1) is 21.2. The van der Waals surface area contributed by atoms with Gasteiger partial charge in [0.05, 0.1) is 16.7 Å². The number of non-ortho nitro benzene ring substituents is 1.